The molecule has 0 bridgehead atoms. The van der Waals surface area contributed by atoms with E-state index in [4.69, 9.17) is 0 Å². The highest BCUT2D eigenvalue weighted by molar-refractivity contribution is 7.10. The molecule has 0 aliphatic carbocycles. The Kier molecular flexibility index (Phi) is 37.1. The van der Waals surface area contributed by atoms with E-state index in [1.54, 1.807) is 0 Å². The zero-order valence-corrected chi connectivity index (χ0v) is 25.2. The predicted molar refractivity (Wildman–Crippen MR) is 188 cm³/mol. The molecule has 1 N–H and O–H groups in total. The number of benzene rings is 1. The molecule has 5 heteroatoms. The van der Waals surface area contributed by atoms with E-state index in [2.05, 4.69) is 95.0 Å². The van der Waals surface area contributed by atoms with E-state index in [1.807, 2.05) is 60.3 Å². The van der Waals surface area contributed by atoms with Crippen LogP contribution in [0.2, 0.25) is 0 Å². The van der Waals surface area contributed by atoms with Crippen molar-refractivity contribution in [1.82, 2.24) is 4.98 Å². The number of nitrogens with one attached hydrogen (secondary N) is 1. The van der Waals surface area contributed by atoms with Crippen molar-refractivity contribution in [3.05, 3.63) is 118 Å². The average molecular weight is 623 g/mol. The summed E-state index contributed by atoms with van der Waals surface area (Å²) < 4.78 is 12.4. The van der Waals surface area contributed by atoms with E-state index >= 15 is 0 Å². The van der Waals surface area contributed by atoms with Crippen molar-refractivity contribution in [2.45, 2.75) is 116 Å². The highest BCUT2D eigenvalue weighted by Crippen LogP contribution is 2.18. The quantitative estimate of drug-likeness (QED) is 0.222. The van der Waals surface area contributed by atoms with Gasteiger partial charge in [-0.1, -0.05) is 117 Å². The Bertz CT molecular complexity index is 991. The number of pyridine rings is 2. The summed E-state index contributed by atoms with van der Waals surface area (Å²) >= 11 is 1.83. The number of H-pyrrole nitrogens is 1. The van der Waals surface area contributed by atoms with E-state index in [9.17, 15) is 4.39 Å². The van der Waals surface area contributed by atoms with Gasteiger partial charge in [-0.15, -0.1) is 11.3 Å². The first-order valence-corrected chi connectivity index (χ1v) is 13.7. The van der Waals surface area contributed by atoms with Gasteiger partial charge >= 0.3 is 0 Å². The zero-order valence-electron chi connectivity index (χ0n) is 23.6. The van der Waals surface area contributed by atoms with E-state index in [0.717, 1.165) is 5.69 Å². The fourth-order valence-corrected chi connectivity index (χ4v) is 3.71. The SMILES string of the molecule is C.C.C.C.C.CC(C)c1cc[nH+]cc1.CC(C)c1ccc(F)cc1.CC(C)c1ccccn1.CC(C)c1cccs1.[Cl-]. The Hall–Kier alpha value is -2.56. The third-order valence-corrected chi connectivity index (χ3v) is 6.51. The van der Waals surface area contributed by atoms with E-state index in [0.29, 0.717) is 23.7 Å². The van der Waals surface area contributed by atoms with Gasteiger partial charge in [-0.2, -0.15) is 0 Å². The number of hydrogen-bond donors (Lipinski definition) is 0. The van der Waals surface area contributed by atoms with Crippen molar-refractivity contribution in [3.8, 4) is 0 Å². The van der Waals surface area contributed by atoms with Crippen molar-refractivity contribution in [2.24, 2.45) is 0 Å². The maximum atomic E-state index is 12.4. The fraction of sp³-hybridized carbons (Fsp3) is 0.459. The number of thiophene rings is 1. The molecule has 0 unspecified atom stereocenters. The molecule has 2 nitrogen and oxygen atoms in total. The second-order valence-corrected chi connectivity index (χ2v) is 10.8. The van der Waals surface area contributed by atoms with Gasteiger partial charge in [0.1, 0.15) is 5.82 Å². The Balaban J connectivity index is -0.0000000984. The highest BCUT2D eigenvalue weighted by Gasteiger charge is 1.98. The number of hydrogen-bond acceptors (Lipinski definition) is 2. The summed E-state index contributed by atoms with van der Waals surface area (Å²) in [4.78, 5) is 8.64. The van der Waals surface area contributed by atoms with Gasteiger partial charge < -0.3 is 12.4 Å². The van der Waals surface area contributed by atoms with Crippen LogP contribution in [-0.2, 0) is 0 Å². The number of aromatic nitrogens is 2. The van der Waals surface area contributed by atoms with Gasteiger partial charge in [0.25, 0.3) is 0 Å². The lowest BCUT2D eigenvalue weighted by Gasteiger charge is -2.02. The first-order valence-electron chi connectivity index (χ1n) is 12.8. The molecule has 1 aromatic carbocycles. The van der Waals surface area contributed by atoms with Gasteiger partial charge in [0.15, 0.2) is 12.4 Å². The summed E-state index contributed by atoms with van der Waals surface area (Å²) in [6.07, 6.45) is 5.74. The van der Waals surface area contributed by atoms with Crippen LogP contribution in [-0.4, -0.2) is 4.98 Å². The average Bonchev–Trinajstić information content (AvgIpc) is 3.42. The molecule has 4 rings (SSSR count). The van der Waals surface area contributed by atoms with E-state index in [-0.39, 0.29) is 55.4 Å². The lowest BCUT2D eigenvalue weighted by molar-refractivity contribution is -0.378. The van der Waals surface area contributed by atoms with E-state index in [1.165, 1.54) is 28.1 Å². The van der Waals surface area contributed by atoms with Crippen molar-refractivity contribution in [1.29, 1.82) is 0 Å². The van der Waals surface area contributed by atoms with Crippen molar-refractivity contribution < 1.29 is 21.8 Å². The van der Waals surface area contributed by atoms with Gasteiger partial charge in [0, 0.05) is 28.9 Å². The number of halogens is 2. The number of rotatable bonds is 4. The van der Waals surface area contributed by atoms with Gasteiger partial charge in [-0.05, 0) is 70.5 Å². The topological polar surface area (TPSA) is 27.0 Å². The summed E-state index contributed by atoms with van der Waals surface area (Å²) in [6.45, 7) is 17.3. The van der Waals surface area contributed by atoms with Crippen LogP contribution in [0, 0.1) is 5.82 Å². The Morgan fingerprint density at radius 2 is 1.10 bits per heavy atom. The zero-order chi connectivity index (χ0) is 26.9. The summed E-state index contributed by atoms with van der Waals surface area (Å²) in [7, 11) is 0. The fourth-order valence-electron chi connectivity index (χ4n) is 2.97. The standard InChI is InChI=1S/C9H11F.2C8H11N.C7H10S.5CH4.ClH/c1-7(2)8-3-5-9(10)6-4-8;1-7(2)8-3-5-9-6-4-8;1-7(2)8-5-3-4-6-9-8;1-6(2)7-4-3-5-8-7;;;;;;/h3-7H,1-2H3;2*3-7H,1-2H3;3-6H,1-2H3;5*1H4;1H. The first kappa shape index (κ1) is 52.1. The third kappa shape index (κ3) is 23.1. The van der Waals surface area contributed by atoms with Crippen LogP contribution in [0.1, 0.15) is 138 Å². The molecule has 0 saturated heterocycles. The Labute approximate surface area is 271 Å². The van der Waals surface area contributed by atoms with Crippen molar-refractivity contribution in [3.63, 3.8) is 0 Å². The van der Waals surface area contributed by atoms with E-state index < -0.39 is 0 Å². The second kappa shape index (κ2) is 29.9. The van der Waals surface area contributed by atoms with Crippen LogP contribution < -0.4 is 17.4 Å². The minimum absolute atomic E-state index is 0. The molecule has 0 saturated carbocycles. The molecule has 4 aromatic rings. The number of aromatic amines is 1. The summed E-state index contributed by atoms with van der Waals surface area (Å²) in [5.74, 6) is 2.21. The normalized spacial score (nSPS) is 8.79. The Morgan fingerprint density at radius 3 is 1.38 bits per heavy atom. The Morgan fingerprint density at radius 1 is 0.595 bits per heavy atom. The van der Waals surface area contributed by atoms with Gasteiger partial charge in [-0.25, -0.2) is 9.37 Å². The molecule has 0 atom stereocenters. The smallest absolute Gasteiger partial charge is 0.167 e. The number of nitrogens with zero attached hydrogens (tertiary/aromatic N) is 1. The summed E-state index contributed by atoms with van der Waals surface area (Å²) in [5, 5.41) is 2.12. The van der Waals surface area contributed by atoms with Crippen LogP contribution in [0.5, 0.6) is 0 Å². The van der Waals surface area contributed by atoms with Gasteiger partial charge in [-0.3, -0.25) is 4.98 Å². The summed E-state index contributed by atoms with van der Waals surface area (Å²) in [5.41, 5.74) is 3.73. The molecule has 0 aliphatic heterocycles. The molecule has 0 fully saturated rings. The molecule has 3 aromatic heterocycles. The molecule has 0 aliphatic rings. The highest BCUT2D eigenvalue weighted by atomic mass is 35.5. The molecular weight excluding hydrogens is 559 g/mol. The lowest BCUT2D eigenvalue weighted by Crippen LogP contribution is -3.00. The maximum absolute atomic E-state index is 12.4. The monoisotopic (exact) mass is 622 g/mol. The molecule has 242 valence electrons. The van der Waals surface area contributed by atoms with Gasteiger partial charge in [0.2, 0.25) is 0 Å². The van der Waals surface area contributed by atoms with Crippen LogP contribution in [0.3, 0.4) is 0 Å². The van der Waals surface area contributed by atoms with Crippen LogP contribution >= 0.6 is 11.3 Å². The molecule has 0 spiro atoms. The molecule has 0 amide bonds. The molecule has 0 radical (unpaired) electrons. The van der Waals surface area contributed by atoms with Crippen molar-refractivity contribution >= 4 is 11.3 Å². The van der Waals surface area contributed by atoms with Crippen LogP contribution in [0.25, 0.3) is 0 Å². The largest absolute Gasteiger partial charge is 1.00 e. The minimum atomic E-state index is -0.163. The first-order chi connectivity index (χ1) is 17.1. The summed E-state index contributed by atoms with van der Waals surface area (Å²) in [6, 6.07) is 21.1. The van der Waals surface area contributed by atoms with Gasteiger partial charge in [0.05, 0.1) is 0 Å². The second-order valence-electron chi connectivity index (χ2n) is 9.77. The maximum Gasteiger partial charge on any atom is 0.167 e. The molecule has 3 heterocycles. The predicted octanol–water partition coefficient (Wildman–Crippen LogP) is 9.83. The van der Waals surface area contributed by atoms with Crippen LogP contribution in [0.15, 0.2) is 90.7 Å². The molecule has 42 heavy (non-hydrogen) atoms. The van der Waals surface area contributed by atoms with Crippen molar-refractivity contribution in [2.75, 3.05) is 0 Å². The molecular formula is C37H64ClFN2S. The minimum Gasteiger partial charge on any atom is -1.00 e. The third-order valence-electron chi connectivity index (χ3n) is 5.34. The van der Waals surface area contributed by atoms with Crippen LogP contribution in [0.4, 0.5) is 4.39 Å². The lowest BCUT2D eigenvalue weighted by atomic mass is 10.0.